The molecule has 3 N–H and O–H groups in total. The van der Waals surface area contributed by atoms with Crippen molar-refractivity contribution < 1.29 is 22.7 Å². The lowest BCUT2D eigenvalue weighted by Crippen LogP contribution is -2.41. The van der Waals surface area contributed by atoms with Crippen LogP contribution in [0.15, 0.2) is 34.8 Å². The largest absolute Gasteiger partial charge is 0.484 e. The van der Waals surface area contributed by atoms with E-state index in [0.717, 1.165) is 5.56 Å². The van der Waals surface area contributed by atoms with Gasteiger partial charge in [0.05, 0.1) is 17.7 Å². The van der Waals surface area contributed by atoms with Gasteiger partial charge in [-0.3, -0.25) is 4.79 Å². The predicted molar refractivity (Wildman–Crippen MR) is 110 cm³/mol. The third kappa shape index (κ3) is 8.27. The summed E-state index contributed by atoms with van der Waals surface area (Å²) in [5.74, 6) is 0.557. The molecule has 1 aromatic heterocycles. The number of nitrogens with zero attached hydrogens (tertiary/aromatic N) is 2. The summed E-state index contributed by atoms with van der Waals surface area (Å²) < 4.78 is 41.2. The summed E-state index contributed by atoms with van der Waals surface area (Å²) in [5.41, 5.74) is 3.16. The van der Waals surface area contributed by atoms with E-state index in [2.05, 4.69) is 30.7 Å². The van der Waals surface area contributed by atoms with Crippen LogP contribution in [-0.4, -0.2) is 49.3 Å². The summed E-state index contributed by atoms with van der Waals surface area (Å²) in [4.78, 5) is 21.1. The molecule has 164 valence electrons. The molecule has 30 heavy (non-hydrogen) atoms. The van der Waals surface area contributed by atoms with Gasteiger partial charge in [-0.25, -0.2) is 9.98 Å². The van der Waals surface area contributed by atoms with Crippen LogP contribution in [0.1, 0.15) is 27.9 Å². The number of benzene rings is 1. The van der Waals surface area contributed by atoms with Crippen molar-refractivity contribution in [2.24, 2.45) is 4.99 Å². The van der Waals surface area contributed by atoms with Crippen molar-refractivity contribution in [3.63, 3.8) is 0 Å². The number of nitrogens with one attached hydrogen (secondary N) is 3. The average molecular weight is 443 g/mol. The van der Waals surface area contributed by atoms with Gasteiger partial charge < -0.3 is 20.7 Å². The van der Waals surface area contributed by atoms with Crippen molar-refractivity contribution >= 4 is 23.2 Å². The van der Waals surface area contributed by atoms with Crippen LogP contribution in [0.2, 0.25) is 0 Å². The molecule has 1 heterocycles. The first-order chi connectivity index (χ1) is 14.3. The molecule has 0 unspecified atom stereocenters. The number of hydrogen-bond acceptors (Lipinski definition) is 5. The van der Waals surface area contributed by atoms with E-state index >= 15 is 0 Å². The number of rotatable bonds is 9. The second-order valence-electron chi connectivity index (χ2n) is 6.19. The molecule has 0 spiro atoms. The number of carbonyl (C=O) groups is 1. The Balaban J connectivity index is 1.79. The number of thiazole rings is 1. The van der Waals surface area contributed by atoms with Gasteiger partial charge >= 0.3 is 6.18 Å². The Morgan fingerprint density at radius 1 is 1.17 bits per heavy atom. The fourth-order valence-corrected chi connectivity index (χ4v) is 3.04. The molecule has 2 aromatic rings. The fraction of sp³-hybridized carbons (Fsp3) is 0.421. The van der Waals surface area contributed by atoms with E-state index in [-0.39, 0.29) is 11.7 Å². The van der Waals surface area contributed by atoms with Crippen LogP contribution in [0, 0.1) is 6.92 Å². The van der Waals surface area contributed by atoms with Crippen LogP contribution >= 0.6 is 11.3 Å². The van der Waals surface area contributed by atoms with Crippen molar-refractivity contribution in [1.29, 1.82) is 0 Å². The molecule has 1 amide bonds. The van der Waals surface area contributed by atoms with E-state index < -0.39 is 12.8 Å². The summed E-state index contributed by atoms with van der Waals surface area (Å²) in [5, 5.41) is 9.03. The Morgan fingerprint density at radius 3 is 2.47 bits per heavy atom. The highest BCUT2D eigenvalue weighted by Crippen LogP contribution is 2.19. The monoisotopic (exact) mass is 443 g/mol. The second kappa shape index (κ2) is 11.4. The minimum Gasteiger partial charge on any atom is -0.484 e. The molecule has 0 atom stereocenters. The molecule has 0 bridgehead atoms. The molecule has 11 heteroatoms. The number of hydrogen-bond donors (Lipinski definition) is 3. The van der Waals surface area contributed by atoms with Crippen LogP contribution < -0.4 is 20.7 Å². The number of aryl methyl sites for hydroxylation is 1. The lowest BCUT2D eigenvalue weighted by Gasteiger charge is -2.12. The lowest BCUT2D eigenvalue weighted by atomic mass is 10.2. The van der Waals surface area contributed by atoms with E-state index in [1.165, 1.54) is 23.5 Å². The van der Waals surface area contributed by atoms with Crippen molar-refractivity contribution in [2.45, 2.75) is 26.6 Å². The standard InChI is InChI=1S/C19H24F3N5O2S/c1-3-23-18(25-9-8-24-17(28)16-13(2)27-12-30-16)26-10-14-4-6-15(7-5-14)29-11-19(20,21)22/h4-7,12H,3,8-11H2,1-2H3,(H,24,28)(H2,23,25,26). The topological polar surface area (TPSA) is 87.6 Å². The van der Waals surface area contributed by atoms with E-state index in [1.807, 2.05) is 6.92 Å². The van der Waals surface area contributed by atoms with E-state index in [9.17, 15) is 18.0 Å². The Kier molecular flexibility index (Phi) is 8.90. The molecule has 7 nitrogen and oxygen atoms in total. The molecule has 1 aromatic carbocycles. The quantitative estimate of drug-likeness (QED) is 0.315. The predicted octanol–water partition coefficient (Wildman–Crippen LogP) is 2.88. The normalized spacial score (nSPS) is 11.8. The van der Waals surface area contributed by atoms with Gasteiger partial charge in [-0.15, -0.1) is 11.3 Å². The maximum Gasteiger partial charge on any atom is 0.422 e. The highest BCUT2D eigenvalue weighted by molar-refractivity contribution is 7.11. The van der Waals surface area contributed by atoms with Gasteiger partial charge in [-0.2, -0.15) is 13.2 Å². The zero-order chi connectivity index (χ0) is 22.0. The minimum absolute atomic E-state index is 0.150. The number of halogens is 3. The Hall–Kier alpha value is -2.82. The van der Waals surface area contributed by atoms with Crippen molar-refractivity contribution in [1.82, 2.24) is 20.9 Å². The Labute approximate surface area is 176 Å². The molecule has 0 radical (unpaired) electrons. The Morgan fingerprint density at radius 2 is 1.87 bits per heavy atom. The van der Waals surface area contributed by atoms with Crippen LogP contribution in [0.4, 0.5) is 13.2 Å². The molecule has 0 saturated carbocycles. The average Bonchev–Trinajstić information content (AvgIpc) is 3.13. The van der Waals surface area contributed by atoms with Crippen molar-refractivity contribution in [3.8, 4) is 5.75 Å². The smallest absolute Gasteiger partial charge is 0.422 e. The van der Waals surface area contributed by atoms with Crippen molar-refractivity contribution in [2.75, 3.05) is 26.2 Å². The summed E-state index contributed by atoms with van der Waals surface area (Å²) in [7, 11) is 0. The molecule has 0 aliphatic rings. The van der Waals surface area contributed by atoms with Gasteiger partial charge in [-0.05, 0) is 31.5 Å². The number of aliphatic imine (C=N–C) groups is 1. The number of aromatic nitrogens is 1. The number of alkyl halides is 3. The van der Waals surface area contributed by atoms with E-state index in [1.54, 1.807) is 24.6 Å². The molecule has 2 rings (SSSR count). The summed E-state index contributed by atoms with van der Waals surface area (Å²) in [6.45, 7) is 4.26. The summed E-state index contributed by atoms with van der Waals surface area (Å²) in [6.07, 6.45) is -4.37. The van der Waals surface area contributed by atoms with E-state index in [4.69, 9.17) is 0 Å². The first kappa shape index (κ1) is 23.5. The molecule has 0 fully saturated rings. The fourth-order valence-electron chi connectivity index (χ4n) is 2.33. The summed E-state index contributed by atoms with van der Waals surface area (Å²) in [6, 6.07) is 6.29. The van der Waals surface area contributed by atoms with Gasteiger partial charge in [0.1, 0.15) is 10.6 Å². The Bertz CT molecular complexity index is 837. The first-order valence-electron chi connectivity index (χ1n) is 9.27. The van der Waals surface area contributed by atoms with Crippen LogP contribution in [-0.2, 0) is 6.54 Å². The highest BCUT2D eigenvalue weighted by atomic mass is 32.1. The van der Waals surface area contributed by atoms with Crippen LogP contribution in [0.5, 0.6) is 5.75 Å². The SMILES string of the molecule is CCNC(=NCc1ccc(OCC(F)(F)F)cc1)NCCNC(=O)c1scnc1C. The minimum atomic E-state index is -4.37. The molecule has 0 aliphatic carbocycles. The molecular formula is C19H24F3N5O2S. The third-order valence-electron chi connectivity index (χ3n) is 3.74. The van der Waals surface area contributed by atoms with Crippen LogP contribution in [0.25, 0.3) is 0 Å². The number of carbonyl (C=O) groups excluding carboxylic acids is 1. The lowest BCUT2D eigenvalue weighted by molar-refractivity contribution is -0.153. The van der Waals surface area contributed by atoms with Crippen molar-refractivity contribution in [3.05, 3.63) is 45.9 Å². The van der Waals surface area contributed by atoms with Crippen LogP contribution in [0.3, 0.4) is 0 Å². The molecule has 0 saturated heterocycles. The maximum absolute atomic E-state index is 12.2. The second-order valence-corrected chi connectivity index (χ2v) is 7.05. The molecular weight excluding hydrogens is 419 g/mol. The van der Waals surface area contributed by atoms with Gasteiger partial charge in [0, 0.05) is 19.6 Å². The van der Waals surface area contributed by atoms with Gasteiger partial charge in [-0.1, -0.05) is 12.1 Å². The highest BCUT2D eigenvalue weighted by Gasteiger charge is 2.28. The first-order valence-corrected chi connectivity index (χ1v) is 10.2. The van der Waals surface area contributed by atoms with Gasteiger partial charge in [0.15, 0.2) is 12.6 Å². The van der Waals surface area contributed by atoms with E-state index in [0.29, 0.717) is 42.7 Å². The number of guanidine groups is 1. The third-order valence-corrected chi connectivity index (χ3v) is 4.67. The summed E-state index contributed by atoms with van der Waals surface area (Å²) >= 11 is 1.30. The molecule has 0 aliphatic heterocycles. The van der Waals surface area contributed by atoms with Gasteiger partial charge in [0.2, 0.25) is 0 Å². The zero-order valence-electron chi connectivity index (χ0n) is 16.7. The maximum atomic E-state index is 12.2. The number of ether oxygens (including phenoxy) is 1. The number of amides is 1. The zero-order valence-corrected chi connectivity index (χ0v) is 17.5. The van der Waals surface area contributed by atoms with Gasteiger partial charge in [0.25, 0.3) is 5.91 Å².